The molecule has 0 aliphatic rings. The third kappa shape index (κ3) is 6.84. The van der Waals surface area contributed by atoms with E-state index in [1.54, 1.807) is 6.92 Å². The molecule has 1 amide bonds. The predicted molar refractivity (Wildman–Crippen MR) is 107 cm³/mol. The summed E-state index contributed by atoms with van der Waals surface area (Å²) in [4.78, 5) is 23.5. The Kier molecular flexibility index (Phi) is 7.61. The number of rotatable bonds is 8. The molecule has 0 fully saturated rings. The van der Waals surface area contributed by atoms with Crippen LogP contribution in [-0.4, -0.2) is 41.0 Å². The molecule has 1 aromatic carbocycles. The standard InChI is InChI=1S/C18H23N3O4S2/c1-5-24-15(23)11-26-17-21-20-16(27-17)19-14(22)10-25-13-9-7-6-8-12(13)18(2,3)4/h6-9H,5,10-11H2,1-4H3,(H,19,20,22). The van der Waals surface area contributed by atoms with Crippen molar-refractivity contribution in [1.29, 1.82) is 0 Å². The zero-order valence-corrected chi connectivity index (χ0v) is 17.4. The first-order valence-corrected chi connectivity index (χ1v) is 10.2. The molecule has 0 aliphatic carbocycles. The van der Waals surface area contributed by atoms with E-state index in [9.17, 15) is 9.59 Å². The highest BCUT2D eigenvalue weighted by molar-refractivity contribution is 8.01. The summed E-state index contributed by atoms with van der Waals surface area (Å²) in [5.41, 5.74) is 0.948. The Labute approximate surface area is 166 Å². The van der Waals surface area contributed by atoms with Crippen LogP contribution in [0, 0.1) is 0 Å². The third-order valence-corrected chi connectivity index (χ3v) is 5.27. The maximum Gasteiger partial charge on any atom is 0.316 e. The van der Waals surface area contributed by atoms with Gasteiger partial charge < -0.3 is 9.47 Å². The van der Waals surface area contributed by atoms with E-state index >= 15 is 0 Å². The average Bonchev–Trinajstić information content (AvgIpc) is 3.05. The molecular formula is C18H23N3O4S2. The predicted octanol–water partition coefficient (Wildman–Crippen LogP) is 3.51. The first-order chi connectivity index (χ1) is 12.8. The number of amides is 1. The number of hydrogen-bond donors (Lipinski definition) is 1. The SMILES string of the molecule is CCOC(=O)CSc1nnc(NC(=O)COc2ccccc2C(C)(C)C)s1. The lowest BCUT2D eigenvalue weighted by molar-refractivity contribution is -0.139. The largest absolute Gasteiger partial charge is 0.483 e. The molecule has 2 rings (SSSR count). The molecular weight excluding hydrogens is 386 g/mol. The van der Waals surface area contributed by atoms with Crippen LogP contribution in [0.15, 0.2) is 28.6 Å². The van der Waals surface area contributed by atoms with Crippen molar-refractivity contribution in [3.8, 4) is 5.75 Å². The summed E-state index contributed by atoms with van der Waals surface area (Å²) in [5, 5.41) is 10.8. The van der Waals surface area contributed by atoms with Crippen LogP contribution in [0.2, 0.25) is 0 Å². The summed E-state index contributed by atoms with van der Waals surface area (Å²) in [7, 11) is 0. The van der Waals surface area contributed by atoms with Gasteiger partial charge in [0, 0.05) is 0 Å². The summed E-state index contributed by atoms with van der Waals surface area (Å²) < 4.78 is 11.1. The van der Waals surface area contributed by atoms with E-state index in [0.29, 0.717) is 21.8 Å². The van der Waals surface area contributed by atoms with E-state index in [4.69, 9.17) is 9.47 Å². The molecule has 1 heterocycles. The van der Waals surface area contributed by atoms with Gasteiger partial charge in [-0.2, -0.15) is 0 Å². The second-order valence-corrected chi connectivity index (χ2v) is 8.75. The zero-order chi connectivity index (χ0) is 19.9. The van der Waals surface area contributed by atoms with Crippen molar-refractivity contribution in [1.82, 2.24) is 10.2 Å². The number of ether oxygens (including phenoxy) is 2. The number of carbonyl (C=O) groups is 2. The Morgan fingerprint density at radius 3 is 2.67 bits per heavy atom. The highest BCUT2D eigenvalue weighted by Gasteiger charge is 2.19. The number of esters is 1. The van der Waals surface area contributed by atoms with E-state index in [1.165, 1.54) is 23.1 Å². The first kappa shape index (κ1) is 21.2. The molecule has 0 saturated heterocycles. The lowest BCUT2D eigenvalue weighted by Crippen LogP contribution is -2.21. The molecule has 0 atom stereocenters. The van der Waals surface area contributed by atoms with Crippen LogP contribution in [0.25, 0.3) is 0 Å². The summed E-state index contributed by atoms with van der Waals surface area (Å²) in [6, 6.07) is 7.67. The molecule has 9 heteroatoms. The van der Waals surface area contributed by atoms with Crippen LogP contribution in [-0.2, 0) is 19.7 Å². The van der Waals surface area contributed by atoms with Gasteiger partial charge in [-0.05, 0) is 24.0 Å². The normalized spacial score (nSPS) is 11.1. The molecule has 1 aromatic heterocycles. The van der Waals surface area contributed by atoms with Crippen LogP contribution in [0.4, 0.5) is 5.13 Å². The second kappa shape index (κ2) is 9.70. The molecule has 146 valence electrons. The van der Waals surface area contributed by atoms with Gasteiger partial charge in [0.15, 0.2) is 10.9 Å². The van der Waals surface area contributed by atoms with E-state index in [-0.39, 0.29) is 29.7 Å². The molecule has 1 N–H and O–H groups in total. The number of anilines is 1. The lowest BCUT2D eigenvalue weighted by Gasteiger charge is -2.22. The minimum absolute atomic E-state index is 0.0860. The van der Waals surface area contributed by atoms with E-state index in [0.717, 1.165) is 5.56 Å². The molecule has 0 bridgehead atoms. The second-order valence-electron chi connectivity index (χ2n) is 6.55. The Bertz CT molecular complexity index is 787. The fraction of sp³-hybridized carbons (Fsp3) is 0.444. The fourth-order valence-corrected chi connectivity index (χ4v) is 3.72. The average molecular weight is 410 g/mol. The van der Waals surface area contributed by atoms with Gasteiger partial charge in [-0.3, -0.25) is 14.9 Å². The van der Waals surface area contributed by atoms with Crippen molar-refractivity contribution in [3.05, 3.63) is 29.8 Å². The minimum atomic E-state index is -0.322. The van der Waals surface area contributed by atoms with E-state index in [2.05, 4.69) is 36.3 Å². The van der Waals surface area contributed by atoms with Gasteiger partial charge in [0.1, 0.15) is 5.75 Å². The van der Waals surface area contributed by atoms with E-state index < -0.39 is 0 Å². The van der Waals surface area contributed by atoms with Crippen molar-refractivity contribution in [2.75, 3.05) is 24.3 Å². The highest BCUT2D eigenvalue weighted by atomic mass is 32.2. The van der Waals surface area contributed by atoms with Crippen molar-refractivity contribution in [2.24, 2.45) is 0 Å². The number of para-hydroxylation sites is 1. The lowest BCUT2D eigenvalue weighted by atomic mass is 9.86. The van der Waals surface area contributed by atoms with E-state index in [1.807, 2.05) is 24.3 Å². The summed E-state index contributed by atoms with van der Waals surface area (Å²) >= 11 is 2.41. The zero-order valence-electron chi connectivity index (χ0n) is 15.8. The van der Waals surface area contributed by atoms with Gasteiger partial charge in [-0.1, -0.05) is 62.1 Å². The van der Waals surface area contributed by atoms with Gasteiger partial charge >= 0.3 is 5.97 Å². The van der Waals surface area contributed by atoms with Crippen LogP contribution < -0.4 is 10.1 Å². The minimum Gasteiger partial charge on any atom is -0.483 e. The van der Waals surface area contributed by atoms with Gasteiger partial charge in [-0.25, -0.2) is 0 Å². The maximum absolute atomic E-state index is 12.1. The van der Waals surface area contributed by atoms with Gasteiger partial charge in [0.05, 0.1) is 12.4 Å². The number of thioether (sulfide) groups is 1. The number of carbonyl (C=O) groups excluding carboxylic acids is 2. The molecule has 2 aromatic rings. The number of hydrogen-bond acceptors (Lipinski definition) is 8. The summed E-state index contributed by atoms with van der Waals surface area (Å²) in [6.07, 6.45) is 0. The Morgan fingerprint density at radius 1 is 1.22 bits per heavy atom. The third-order valence-electron chi connectivity index (χ3n) is 3.33. The Hall–Kier alpha value is -2.13. The van der Waals surface area contributed by atoms with Crippen LogP contribution in [0.1, 0.15) is 33.3 Å². The summed E-state index contributed by atoms with van der Waals surface area (Å²) in [6.45, 7) is 8.24. The molecule has 0 aliphatic heterocycles. The van der Waals surface area contributed by atoms with Crippen LogP contribution in [0.3, 0.4) is 0 Å². The number of benzene rings is 1. The smallest absolute Gasteiger partial charge is 0.316 e. The molecule has 0 spiro atoms. The molecule has 0 unspecified atom stereocenters. The number of nitrogens with zero attached hydrogens (tertiary/aromatic N) is 2. The van der Waals surface area contributed by atoms with Crippen LogP contribution in [0.5, 0.6) is 5.75 Å². The Morgan fingerprint density at radius 2 is 1.96 bits per heavy atom. The number of nitrogens with one attached hydrogen (secondary N) is 1. The molecule has 0 radical (unpaired) electrons. The highest BCUT2D eigenvalue weighted by Crippen LogP contribution is 2.31. The topological polar surface area (TPSA) is 90.4 Å². The molecule has 27 heavy (non-hydrogen) atoms. The fourth-order valence-electron chi connectivity index (χ4n) is 2.15. The van der Waals surface area contributed by atoms with Crippen molar-refractivity contribution < 1.29 is 19.1 Å². The maximum atomic E-state index is 12.1. The van der Waals surface area contributed by atoms with Crippen molar-refractivity contribution >= 4 is 40.1 Å². The van der Waals surface area contributed by atoms with Gasteiger partial charge in [0.25, 0.3) is 5.91 Å². The van der Waals surface area contributed by atoms with Crippen molar-refractivity contribution in [3.63, 3.8) is 0 Å². The summed E-state index contributed by atoms with van der Waals surface area (Å²) in [5.74, 6) is 0.206. The Balaban J connectivity index is 1.86. The van der Waals surface area contributed by atoms with Gasteiger partial charge in [0.2, 0.25) is 5.13 Å². The van der Waals surface area contributed by atoms with Crippen molar-refractivity contribution in [2.45, 2.75) is 37.4 Å². The molecule has 7 nitrogen and oxygen atoms in total. The first-order valence-electron chi connectivity index (χ1n) is 8.43. The van der Waals surface area contributed by atoms with Gasteiger partial charge in [-0.15, -0.1) is 10.2 Å². The monoisotopic (exact) mass is 409 g/mol. The van der Waals surface area contributed by atoms with Crippen LogP contribution >= 0.6 is 23.1 Å². The quantitative estimate of drug-likeness (QED) is 0.405. The number of aromatic nitrogens is 2. The molecule has 0 saturated carbocycles.